The second kappa shape index (κ2) is 5.68. The predicted molar refractivity (Wildman–Crippen MR) is 77.2 cm³/mol. The molecule has 1 fully saturated rings. The molecule has 0 spiro atoms. The number of nitrogen functional groups attached to an aromatic ring is 1. The van der Waals surface area contributed by atoms with E-state index in [1.165, 1.54) is 32.4 Å². The molecule has 2 unspecified atom stereocenters. The normalized spacial score (nSPS) is 23.2. The summed E-state index contributed by atoms with van der Waals surface area (Å²) in [6.45, 7) is 2.28. The van der Waals surface area contributed by atoms with Crippen molar-refractivity contribution in [2.45, 2.75) is 38.6 Å². The van der Waals surface area contributed by atoms with Crippen molar-refractivity contribution in [3.8, 4) is 5.75 Å². The summed E-state index contributed by atoms with van der Waals surface area (Å²) in [7, 11) is 3.51. The highest BCUT2D eigenvalue weighted by Crippen LogP contribution is 2.36. The van der Waals surface area contributed by atoms with E-state index in [9.17, 15) is 4.39 Å². The minimum absolute atomic E-state index is 0.250. The number of ether oxygens (including phenoxy) is 1. The topological polar surface area (TPSA) is 38.5 Å². The summed E-state index contributed by atoms with van der Waals surface area (Å²) in [4.78, 5) is 2.18. The van der Waals surface area contributed by atoms with Crippen LogP contribution in [0.5, 0.6) is 5.75 Å². The first-order chi connectivity index (χ1) is 9.04. The molecular weight excluding hydrogens is 243 g/mol. The Bertz CT molecular complexity index is 450. The highest BCUT2D eigenvalue weighted by atomic mass is 19.1. The molecule has 19 heavy (non-hydrogen) atoms. The lowest BCUT2D eigenvalue weighted by Crippen LogP contribution is -2.39. The van der Waals surface area contributed by atoms with Crippen LogP contribution in [0.3, 0.4) is 0 Å². The van der Waals surface area contributed by atoms with Gasteiger partial charge >= 0.3 is 0 Å². The summed E-state index contributed by atoms with van der Waals surface area (Å²) in [6, 6.07) is 3.51. The molecule has 0 saturated heterocycles. The highest BCUT2D eigenvalue weighted by molar-refractivity contribution is 5.70. The standard InChI is InChI=1S/C15H23FN2O/c1-10-6-4-5-7-13(10)18(2)14-9-15(19-3)11(16)8-12(14)17/h8-10,13H,4-7,17H2,1-3H3. The molecule has 1 aromatic carbocycles. The van der Waals surface area contributed by atoms with Crippen molar-refractivity contribution < 1.29 is 9.13 Å². The molecule has 2 N–H and O–H groups in total. The van der Waals surface area contributed by atoms with Gasteiger partial charge in [-0.15, -0.1) is 0 Å². The molecule has 0 aromatic heterocycles. The summed E-state index contributed by atoms with van der Waals surface area (Å²) in [5.41, 5.74) is 7.29. The number of halogens is 1. The van der Waals surface area contributed by atoms with Gasteiger partial charge in [0, 0.05) is 25.2 Å². The fourth-order valence-electron chi connectivity index (χ4n) is 3.07. The van der Waals surface area contributed by atoms with E-state index in [1.807, 2.05) is 7.05 Å². The molecule has 1 aliphatic carbocycles. The van der Waals surface area contributed by atoms with Gasteiger partial charge < -0.3 is 15.4 Å². The molecule has 0 bridgehead atoms. The SMILES string of the molecule is COc1cc(N(C)C2CCCCC2C)c(N)cc1F. The van der Waals surface area contributed by atoms with Gasteiger partial charge in [-0.05, 0) is 18.8 Å². The molecule has 3 nitrogen and oxygen atoms in total. The van der Waals surface area contributed by atoms with Gasteiger partial charge in [0.1, 0.15) is 0 Å². The molecule has 1 saturated carbocycles. The van der Waals surface area contributed by atoms with Gasteiger partial charge in [0.2, 0.25) is 0 Å². The van der Waals surface area contributed by atoms with Crippen molar-refractivity contribution in [3.63, 3.8) is 0 Å². The average molecular weight is 266 g/mol. The van der Waals surface area contributed by atoms with E-state index in [0.29, 0.717) is 17.6 Å². The number of rotatable bonds is 3. The van der Waals surface area contributed by atoms with Crippen LogP contribution in [-0.4, -0.2) is 20.2 Å². The van der Waals surface area contributed by atoms with Gasteiger partial charge in [-0.2, -0.15) is 0 Å². The minimum atomic E-state index is -0.408. The molecule has 0 amide bonds. The van der Waals surface area contributed by atoms with E-state index >= 15 is 0 Å². The monoisotopic (exact) mass is 266 g/mol. The van der Waals surface area contributed by atoms with E-state index in [-0.39, 0.29) is 5.75 Å². The molecule has 1 aliphatic rings. The molecule has 2 atom stereocenters. The fraction of sp³-hybridized carbons (Fsp3) is 0.600. The van der Waals surface area contributed by atoms with Crippen LogP contribution in [0.1, 0.15) is 32.6 Å². The van der Waals surface area contributed by atoms with Gasteiger partial charge in [0.05, 0.1) is 18.5 Å². The Hall–Kier alpha value is -1.45. The third-order valence-corrected chi connectivity index (χ3v) is 4.24. The average Bonchev–Trinajstić information content (AvgIpc) is 2.39. The van der Waals surface area contributed by atoms with E-state index in [2.05, 4.69) is 11.8 Å². The smallest absolute Gasteiger partial charge is 0.167 e. The van der Waals surface area contributed by atoms with Gasteiger partial charge in [0.25, 0.3) is 0 Å². The maximum absolute atomic E-state index is 13.6. The minimum Gasteiger partial charge on any atom is -0.494 e. The Morgan fingerprint density at radius 3 is 2.63 bits per heavy atom. The summed E-state index contributed by atoms with van der Waals surface area (Å²) < 4.78 is 18.6. The lowest BCUT2D eigenvalue weighted by Gasteiger charge is -2.38. The van der Waals surface area contributed by atoms with Crippen LogP contribution >= 0.6 is 0 Å². The zero-order valence-electron chi connectivity index (χ0n) is 11.9. The molecule has 0 radical (unpaired) electrons. The Balaban J connectivity index is 2.29. The third-order valence-electron chi connectivity index (χ3n) is 4.24. The Morgan fingerprint density at radius 2 is 2.00 bits per heavy atom. The number of anilines is 2. The Morgan fingerprint density at radius 1 is 1.32 bits per heavy atom. The number of benzene rings is 1. The van der Waals surface area contributed by atoms with Gasteiger partial charge in [-0.1, -0.05) is 19.8 Å². The zero-order chi connectivity index (χ0) is 14.0. The fourth-order valence-corrected chi connectivity index (χ4v) is 3.07. The van der Waals surface area contributed by atoms with Crippen molar-refractivity contribution in [1.29, 1.82) is 0 Å². The van der Waals surface area contributed by atoms with E-state index in [0.717, 1.165) is 12.1 Å². The van der Waals surface area contributed by atoms with Crippen LogP contribution in [-0.2, 0) is 0 Å². The van der Waals surface area contributed by atoms with E-state index < -0.39 is 5.82 Å². The lowest BCUT2D eigenvalue weighted by atomic mass is 9.85. The molecule has 0 heterocycles. The van der Waals surface area contributed by atoms with E-state index in [1.54, 1.807) is 6.07 Å². The van der Waals surface area contributed by atoms with Crippen molar-refractivity contribution in [2.24, 2.45) is 5.92 Å². The molecule has 4 heteroatoms. The Kier molecular flexibility index (Phi) is 4.17. The second-order valence-electron chi connectivity index (χ2n) is 5.49. The number of methoxy groups -OCH3 is 1. The van der Waals surface area contributed by atoms with Crippen molar-refractivity contribution >= 4 is 11.4 Å². The molecule has 0 aliphatic heterocycles. The van der Waals surface area contributed by atoms with Crippen LogP contribution in [0.25, 0.3) is 0 Å². The van der Waals surface area contributed by atoms with Crippen molar-refractivity contribution in [3.05, 3.63) is 17.9 Å². The first kappa shape index (κ1) is 14.0. The molecule has 106 valence electrons. The third kappa shape index (κ3) is 2.77. The number of nitrogens with zero attached hydrogens (tertiary/aromatic N) is 1. The highest BCUT2D eigenvalue weighted by Gasteiger charge is 2.26. The Labute approximate surface area is 114 Å². The summed E-state index contributed by atoms with van der Waals surface area (Å²) in [6.07, 6.45) is 4.95. The number of nitrogens with two attached hydrogens (primary N) is 1. The zero-order valence-corrected chi connectivity index (χ0v) is 11.9. The van der Waals surface area contributed by atoms with Crippen LogP contribution in [0.2, 0.25) is 0 Å². The molecule has 2 rings (SSSR count). The predicted octanol–water partition coefficient (Wildman–Crippen LogP) is 3.43. The molecule has 1 aromatic rings. The largest absolute Gasteiger partial charge is 0.494 e. The van der Waals surface area contributed by atoms with Crippen LogP contribution in [0.15, 0.2) is 12.1 Å². The van der Waals surface area contributed by atoms with Crippen molar-refractivity contribution in [1.82, 2.24) is 0 Å². The maximum Gasteiger partial charge on any atom is 0.167 e. The first-order valence-corrected chi connectivity index (χ1v) is 6.90. The van der Waals surface area contributed by atoms with E-state index in [4.69, 9.17) is 10.5 Å². The summed E-state index contributed by atoms with van der Waals surface area (Å²) in [5.74, 6) is 0.475. The van der Waals surface area contributed by atoms with Crippen LogP contribution in [0.4, 0.5) is 15.8 Å². The summed E-state index contributed by atoms with van der Waals surface area (Å²) in [5, 5.41) is 0. The maximum atomic E-state index is 13.6. The first-order valence-electron chi connectivity index (χ1n) is 6.90. The molecular formula is C15H23FN2O. The van der Waals surface area contributed by atoms with Crippen LogP contribution < -0.4 is 15.4 Å². The number of hydrogen-bond acceptors (Lipinski definition) is 3. The quantitative estimate of drug-likeness (QED) is 0.852. The second-order valence-corrected chi connectivity index (χ2v) is 5.49. The summed E-state index contributed by atoms with van der Waals surface area (Å²) >= 11 is 0. The van der Waals surface area contributed by atoms with Gasteiger partial charge in [0.15, 0.2) is 11.6 Å². The number of hydrogen-bond donors (Lipinski definition) is 1. The van der Waals surface area contributed by atoms with Gasteiger partial charge in [-0.3, -0.25) is 0 Å². The van der Waals surface area contributed by atoms with Gasteiger partial charge in [-0.25, -0.2) is 4.39 Å². The van der Waals surface area contributed by atoms with Crippen LogP contribution in [0, 0.1) is 11.7 Å². The van der Waals surface area contributed by atoms with Crippen molar-refractivity contribution in [2.75, 3.05) is 24.8 Å². The lowest BCUT2D eigenvalue weighted by molar-refractivity contribution is 0.321.